The largest absolute Gasteiger partial charge is 0.445 e. The molecule has 2 aliphatic carbocycles. The van der Waals surface area contributed by atoms with Crippen LogP contribution in [0.25, 0.3) is 0 Å². The van der Waals surface area contributed by atoms with Crippen molar-refractivity contribution in [2.75, 3.05) is 13.2 Å². The molecule has 0 saturated heterocycles. The van der Waals surface area contributed by atoms with Crippen molar-refractivity contribution in [2.45, 2.75) is 63.3 Å². The van der Waals surface area contributed by atoms with Crippen molar-refractivity contribution in [1.82, 2.24) is 10.2 Å². The third-order valence-corrected chi connectivity index (χ3v) is 4.96. The van der Waals surface area contributed by atoms with Crippen LogP contribution >= 0.6 is 0 Å². The van der Waals surface area contributed by atoms with Crippen LogP contribution in [0.3, 0.4) is 0 Å². The maximum Gasteiger partial charge on any atom is 0.410 e. The number of hydrogen-bond donors (Lipinski definition) is 2. The molecule has 0 heterocycles. The SMILES string of the molecule is O=C(OCc1ccccc1)N(C1CC1)[C@H]1CCCC[C@H]1NCCO. The highest BCUT2D eigenvalue weighted by molar-refractivity contribution is 5.69. The Hall–Kier alpha value is -1.59. The van der Waals surface area contributed by atoms with Crippen molar-refractivity contribution >= 4 is 6.09 Å². The predicted octanol–water partition coefficient (Wildman–Crippen LogP) is 2.68. The highest BCUT2D eigenvalue weighted by Crippen LogP contribution is 2.34. The Morgan fingerprint density at radius 3 is 2.62 bits per heavy atom. The number of hydrogen-bond acceptors (Lipinski definition) is 4. The number of carbonyl (C=O) groups excluding carboxylic acids is 1. The molecule has 0 spiro atoms. The number of carbonyl (C=O) groups is 1. The van der Waals surface area contributed by atoms with E-state index in [9.17, 15) is 4.79 Å². The fourth-order valence-corrected chi connectivity index (χ4v) is 3.63. The Bertz CT molecular complexity index is 519. The van der Waals surface area contributed by atoms with E-state index in [-0.39, 0.29) is 24.8 Å². The van der Waals surface area contributed by atoms with E-state index < -0.39 is 0 Å². The zero-order valence-electron chi connectivity index (χ0n) is 14.2. The molecule has 5 nitrogen and oxygen atoms in total. The number of amides is 1. The van der Waals surface area contributed by atoms with Crippen LogP contribution in [-0.4, -0.2) is 47.4 Å². The lowest BCUT2D eigenvalue weighted by molar-refractivity contribution is 0.0574. The van der Waals surface area contributed by atoms with Gasteiger partial charge in [-0.25, -0.2) is 4.79 Å². The zero-order valence-corrected chi connectivity index (χ0v) is 14.2. The standard InChI is InChI=1S/C19H28N2O3/c22-13-12-20-17-8-4-5-9-18(17)21(16-10-11-16)19(23)24-14-15-6-2-1-3-7-15/h1-3,6-7,16-18,20,22H,4-5,8-14H2/t17-,18+/m1/s1. The quantitative estimate of drug-likeness (QED) is 0.806. The summed E-state index contributed by atoms with van der Waals surface area (Å²) in [7, 11) is 0. The van der Waals surface area contributed by atoms with Gasteiger partial charge in [0, 0.05) is 18.6 Å². The lowest BCUT2D eigenvalue weighted by Gasteiger charge is -2.40. The molecule has 24 heavy (non-hydrogen) atoms. The summed E-state index contributed by atoms with van der Waals surface area (Å²) < 4.78 is 5.61. The molecular formula is C19H28N2O3. The molecule has 2 aliphatic rings. The third-order valence-electron chi connectivity index (χ3n) is 4.96. The summed E-state index contributed by atoms with van der Waals surface area (Å²) >= 11 is 0. The van der Waals surface area contributed by atoms with Gasteiger partial charge in [0.1, 0.15) is 6.61 Å². The third kappa shape index (κ3) is 4.48. The van der Waals surface area contributed by atoms with E-state index in [0.717, 1.165) is 37.7 Å². The van der Waals surface area contributed by atoms with E-state index in [1.807, 2.05) is 35.2 Å². The lowest BCUT2D eigenvalue weighted by Crippen LogP contribution is -2.55. The summed E-state index contributed by atoms with van der Waals surface area (Å²) in [5.74, 6) is 0. The van der Waals surface area contributed by atoms with Crippen molar-refractivity contribution in [2.24, 2.45) is 0 Å². The van der Waals surface area contributed by atoms with E-state index >= 15 is 0 Å². The van der Waals surface area contributed by atoms with Gasteiger partial charge in [-0.2, -0.15) is 0 Å². The van der Waals surface area contributed by atoms with Gasteiger partial charge in [0.2, 0.25) is 0 Å². The highest BCUT2D eigenvalue weighted by atomic mass is 16.6. The number of aliphatic hydroxyl groups excluding tert-OH is 1. The molecule has 1 aromatic rings. The second-order valence-electron chi connectivity index (χ2n) is 6.81. The van der Waals surface area contributed by atoms with Crippen LogP contribution in [0.5, 0.6) is 0 Å². The molecule has 1 aromatic carbocycles. The number of nitrogens with one attached hydrogen (secondary N) is 1. The van der Waals surface area contributed by atoms with Gasteiger partial charge >= 0.3 is 6.09 Å². The van der Waals surface area contributed by atoms with Crippen LogP contribution < -0.4 is 5.32 Å². The first-order valence-corrected chi connectivity index (χ1v) is 9.13. The summed E-state index contributed by atoms with van der Waals surface area (Å²) in [4.78, 5) is 14.7. The topological polar surface area (TPSA) is 61.8 Å². The smallest absolute Gasteiger partial charge is 0.410 e. The maximum absolute atomic E-state index is 12.7. The van der Waals surface area contributed by atoms with Gasteiger partial charge in [-0.15, -0.1) is 0 Å². The summed E-state index contributed by atoms with van der Waals surface area (Å²) in [5.41, 5.74) is 1.01. The van der Waals surface area contributed by atoms with Gasteiger partial charge in [0.25, 0.3) is 0 Å². The van der Waals surface area contributed by atoms with E-state index in [1.165, 1.54) is 6.42 Å². The van der Waals surface area contributed by atoms with Gasteiger partial charge in [0.05, 0.1) is 12.6 Å². The van der Waals surface area contributed by atoms with E-state index in [2.05, 4.69) is 5.32 Å². The Morgan fingerprint density at radius 2 is 1.92 bits per heavy atom. The van der Waals surface area contributed by atoms with Crippen LogP contribution in [0.4, 0.5) is 4.79 Å². The lowest BCUT2D eigenvalue weighted by atomic mass is 9.89. The van der Waals surface area contributed by atoms with Crippen molar-refractivity contribution in [3.63, 3.8) is 0 Å². The molecule has 0 bridgehead atoms. The number of ether oxygens (including phenoxy) is 1. The van der Waals surface area contributed by atoms with E-state index in [4.69, 9.17) is 9.84 Å². The monoisotopic (exact) mass is 332 g/mol. The van der Waals surface area contributed by atoms with Crippen LogP contribution in [-0.2, 0) is 11.3 Å². The molecule has 5 heteroatoms. The summed E-state index contributed by atoms with van der Waals surface area (Å²) in [5, 5.41) is 12.5. The molecular weight excluding hydrogens is 304 g/mol. The van der Waals surface area contributed by atoms with Crippen molar-refractivity contribution in [3.8, 4) is 0 Å². The van der Waals surface area contributed by atoms with Crippen molar-refractivity contribution in [1.29, 1.82) is 0 Å². The first kappa shape index (κ1) is 17.2. The fraction of sp³-hybridized carbons (Fsp3) is 0.632. The molecule has 2 fully saturated rings. The fourth-order valence-electron chi connectivity index (χ4n) is 3.63. The molecule has 0 aromatic heterocycles. The number of rotatable bonds is 7. The van der Waals surface area contributed by atoms with Crippen LogP contribution in [0.1, 0.15) is 44.1 Å². The Labute approximate surface area is 144 Å². The minimum absolute atomic E-state index is 0.130. The van der Waals surface area contributed by atoms with Gasteiger partial charge in [0.15, 0.2) is 0 Å². The normalized spacial score (nSPS) is 23.7. The van der Waals surface area contributed by atoms with Crippen molar-refractivity contribution < 1.29 is 14.6 Å². The molecule has 1 amide bonds. The second-order valence-corrected chi connectivity index (χ2v) is 6.81. The van der Waals surface area contributed by atoms with Gasteiger partial charge in [-0.1, -0.05) is 43.2 Å². The van der Waals surface area contributed by atoms with Gasteiger partial charge in [-0.3, -0.25) is 0 Å². The molecule has 0 radical (unpaired) electrons. The van der Waals surface area contributed by atoms with E-state index in [1.54, 1.807) is 0 Å². The van der Waals surface area contributed by atoms with Crippen LogP contribution in [0, 0.1) is 0 Å². The average molecular weight is 332 g/mol. The first-order chi connectivity index (χ1) is 11.8. The Morgan fingerprint density at radius 1 is 1.17 bits per heavy atom. The molecule has 2 saturated carbocycles. The summed E-state index contributed by atoms with van der Waals surface area (Å²) in [6.07, 6.45) is 6.35. The molecule has 3 rings (SSSR count). The second kappa shape index (κ2) is 8.49. The summed E-state index contributed by atoms with van der Waals surface area (Å²) in [6, 6.07) is 10.6. The molecule has 0 unspecified atom stereocenters. The number of aliphatic hydroxyl groups is 1. The molecule has 132 valence electrons. The minimum Gasteiger partial charge on any atom is -0.445 e. The first-order valence-electron chi connectivity index (χ1n) is 9.13. The van der Waals surface area contributed by atoms with Crippen LogP contribution in [0.15, 0.2) is 30.3 Å². The van der Waals surface area contributed by atoms with Gasteiger partial charge < -0.3 is 20.1 Å². The van der Waals surface area contributed by atoms with Crippen molar-refractivity contribution in [3.05, 3.63) is 35.9 Å². The Balaban J connectivity index is 1.63. The van der Waals surface area contributed by atoms with E-state index in [0.29, 0.717) is 19.2 Å². The summed E-state index contributed by atoms with van der Waals surface area (Å²) in [6.45, 7) is 1.04. The molecule has 0 aliphatic heterocycles. The van der Waals surface area contributed by atoms with Crippen LogP contribution in [0.2, 0.25) is 0 Å². The number of nitrogens with zero attached hydrogens (tertiary/aromatic N) is 1. The number of benzene rings is 1. The average Bonchev–Trinajstić information content (AvgIpc) is 3.45. The predicted molar refractivity (Wildman–Crippen MR) is 92.6 cm³/mol. The zero-order chi connectivity index (χ0) is 16.8. The molecule has 2 atom stereocenters. The maximum atomic E-state index is 12.7. The van der Waals surface area contributed by atoms with Gasteiger partial charge in [-0.05, 0) is 31.2 Å². The molecule has 2 N–H and O–H groups in total. The Kier molecular flexibility index (Phi) is 6.10. The minimum atomic E-state index is -0.191. The highest BCUT2D eigenvalue weighted by Gasteiger charge is 2.42.